The summed E-state index contributed by atoms with van der Waals surface area (Å²) in [5, 5.41) is 12.9. The molecule has 0 spiro atoms. The van der Waals surface area contributed by atoms with Crippen LogP contribution in [-0.4, -0.2) is 54.6 Å². The van der Waals surface area contributed by atoms with E-state index in [-0.39, 0.29) is 11.8 Å². The summed E-state index contributed by atoms with van der Waals surface area (Å²) < 4.78 is 5.29. The third-order valence-corrected chi connectivity index (χ3v) is 6.54. The Morgan fingerprint density at radius 3 is 2.47 bits per heavy atom. The van der Waals surface area contributed by atoms with Crippen LogP contribution in [0.25, 0.3) is 10.8 Å². The Kier molecular flexibility index (Phi) is 7.08. The minimum Gasteiger partial charge on any atom is -0.497 e. The van der Waals surface area contributed by atoms with Crippen molar-refractivity contribution in [2.45, 2.75) is 25.5 Å². The van der Waals surface area contributed by atoms with Crippen LogP contribution < -0.4 is 4.74 Å². The Balaban J connectivity index is 1.28. The maximum atomic E-state index is 12.8. The van der Waals surface area contributed by atoms with Crippen molar-refractivity contribution in [3.63, 3.8) is 0 Å². The van der Waals surface area contributed by atoms with E-state index in [2.05, 4.69) is 23.1 Å². The number of piperidine rings is 1. The maximum absolute atomic E-state index is 12.8. The van der Waals surface area contributed by atoms with E-state index in [1.54, 1.807) is 12.0 Å². The molecule has 5 nitrogen and oxygen atoms in total. The number of likely N-dealkylation sites (N-methyl/N-ethyl adjacent to an activating group) is 1. The molecule has 0 radical (unpaired) electrons. The van der Waals surface area contributed by atoms with Crippen molar-refractivity contribution in [1.82, 2.24) is 9.80 Å². The third kappa shape index (κ3) is 5.29. The summed E-state index contributed by atoms with van der Waals surface area (Å²) in [4.78, 5) is 16.8. The lowest BCUT2D eigenvalue weighted by Gasteiger charge is -2.34. The normalized spacial score (nSPS) is 16.1. The van der Waals surface area contributed by atoms with Crippen LogP contribution in [0.5, 0.6) is 5.75 Å². The smallest absolute Gasteiger partial charge is 0.236 e. The highest BCUT2D eigenvalue weighted by molar-refractivity contribution is 5.84. The summed E-state index contributed by atoms with van der Waals surface area (Å²) in [7, 11) is 3.54. The lowest BCUT2D eigenvalue weighted by Crippen LogP contribution is -2.42. The van der Waals surface area contributed by atoms with Gasteiger partial charge in [-0.2, -0.15) is 0 Å². The van der Waals surface area contributed by atoms with E-state index in [1.807, 2.05) is 55.6 Å². The Bertz CT molecular complexity index is 1050. The summed E-state index contributed by atoms with van der Waals surface area (Å²) >= 11 is 0. The summed E-state index contributed by atoms with van der Waals surface area (Å²) in [6, 6.07) is 22.2. The molecule has 5 heteroatoms. The number of hydrogen-bond acceptors (Lipinski definition) is 4. The Hall–Kier alpha value is -2.89. The highest BCUT2D eigenvalue weighted by Gasteiger charge is 2.27. The lowest BCUT2D eigenvalue weighted by atomic mass is 9.87. The van der Waals surface area contributed by atoms with Crippen LogP contribution in [0.4, 0.5) is 0 Å². The molecule has 1 aliphatic rings. The first-order valence-electron chi connectivity index (χ1n) is 11.3. The van der Waals surface area contributed by atoms with Gasteiger partial charge in [-0.3, -0.25) is 9.69 Å². The first kappa shape index (κ1) is 22.3. The van der Waals surface area contributed by atoms with E-state index >= 15 is 0 Å². The predicted molar refractivity (Wildman–Crippen MR) is 128 cm³/mol. The molecule has 0 bridgehead atoms. The number of methoxy groups -OCH3 is 1. The third-order valence-electron chi connectivity index (χ3n) is 6.54. The van der Waals surface area contributed by atoms with Crippen LogP contribution in [0, 0.1) is 5.92 Å². The van der Waals surface area contributed by atoms with Crippen LogP contribution >= 0.6 is 0 Å². The van der Waals surface area contributed by atoms with Gasteiger partial charge in [-0.1, -0.05) is 48.5 Å². The van der Waals surface area contributed by atoms with E-state index in [0.29, 0.717) is 13.1 Å². The van der Waals surface area contributed by atoms with Crippen molar-refractivity contribution in [3.8, 4) is 5.75 Å². The lowest BCUT2D eigenvalue weighted by molar-refractivity contribution is -0.132. The summed E-state index contributed by atoms with van der Waals surface area (Å²) in [6.45, 7) is 2.69. The summed E-state index contributed by atoms with van der Waals surface area (Å²) in [6.07, 6.45) is 1.38. The number of aliphatic hydroxyl groups excluding tert-OH is 1. The van der Waals surface area contributed by atoms with Crippen molar-refractivity contribution < 1.29 is 14.6 Å². The first-order valence-corrected chi connectivity index (χ1v) is 11.3. The van der Waals surface area contributed by atoms with Gasteiger partial charge < -0.3 is 14.7 Å². The largest absolute Gasteiger partial charge is 0.497 e. The number of carbonyl (C=O) groups excluding carboxylic acids is 1. The molecular weight excluding hydrogens is 400 g/mol. The van der Waals surface area contributed by atoms with Gasteiger partial charge in [0, 0.05) is 13.6 Å². The average Bonchev–Trinajstić information content (AvgIpc) is 2.84. The van der Waals surface area contributed by atoms with Gasteiger partial charge in [0.15, 0.2) is 0 Å². The molecular formula is C27H32N2O3. The minimum absolute atomic E-state index is 0.127. The second-order valence-corrected chi connectivity index (χ2v) is 8.77. The molecule has 1 aliphatic heterocycles. The Morgan fingerprint density at radius 2 is 1.75 bits per heavy atom. The van der Waals surface area contributed by atoms with Crippen LogP contribution in [0.3, 0.4) is 0 Å². The molecule has 3 aromatic rings. The fourth-order valence-corrected chi connectivity index (χ4v) is 4.52. The molecule has 1 heterocycles. The molecule has 168 valence electrons. The molecule has 0 aromatic heterocycles. The molecule has 32 heavy (non-hydrogen) atoms. The topological polar surface area (TPSA) is 53.0 Å². The number of hydrogen-bond donors (Lipinski definition) is 1. The molecule has 1 fully saturated rings. The average molecular weight is 433 g/mol. The van der Waals surface area contributed by atoms with Gasteiger partial charge in [0.05, 0.1) is 19.8 Å². The fraction of sp³-hybridized carbons (Fsp3) is 0.370. The van der Waals surface area contributed by atoms with Crippen LogP contribution in [0.2, 0.25) is 0 Å². The minimum atomic E-state index is -0.426. The van der Waals surface area contributed by atoms with Gasteiger partial charge in [-0.25, -0.2) is 0 Å². The van der Waals surface area contributed by atoms with Crippen LogP contribution in [-0.2, 0) is 11.3 Å². The van der Waals surface area contributed by atoms with E-state index in [0.717, 1.165) is 53.6 Å². The zero-order valence-corrected chi connectivity index (χ0v) is 18.9. The number of likely N-dealkylation sites (tertiary alicyclic amines) is 1. The molecule has 3 aromatic carbocycles. The molecule has 1 saturated heterocycles. The molecule has 4 rings (SSSR count). The van der Waals surface area contributed by atoms with Crippen molar-refractivity contribution in [2.24, 2.45) is 5.92 Å². The van der Waals surface area contributed by atoms with Crippen LogP contribution in [0.15, 0.2) is 66.7 Å². The molecule has 0 unspecified atom stereocenters. The molecule has 1 N–H and O–H groups in total. The molecule has 0 saturated carbocycles. The molecule has 1 amide bonds. The Labute approximate surface area is 190 Å². The number of benzene rings is 3. The zero-order valence-electron chi connectivity index (χ0n) is 18.9. The predicted octanol–water partition coefficient (Wildman–Crippen LogP) is 4.25. The number of aliphatic hydroxyl groups is 1. The van der Waals surface area contributed by atoms with E-state index < -0.39 is 6.10 Å². The van der Waals surface area contributed by atoms with Crippen LogP contribution in [0.1, 0.15) is 30.1 Å². The van der Waals surface area contributed by atoms with E-state index in [9.17, 15) is 9.90 Å². The number of ether oxygens (including phenoxy) is 1. The van der Waals surface area contributed by atoms with Gasteiger partial charge in [-0.05, 0) is 71.9 Å². The van der Waals surface area contributed by atoms with Crippen molar-refractivity contribution in [3.05, 3.63) is 77.9 Å². The van der Waals surface area contributed by atoms with E-state index in [1.165, 1.54) is 0 Å². The van der Waals surface area contributed by atoms with Gasteiger partial charge in [0.2, 0.25) is 5.91 Å². The quantitative estimate of drug-likeness (QED) is 0.606. The Morgan fingerprint density at radius 1 is 1.06 bits per heavy atom. The van der Waals surface area contributed by atoms with Crippen molar-refractivity contribution in [1.29, 1.82) is 0 Å². The number of amides is 1. The standard InChI is InChI=1S/C27H32N2O3/c1-28(18-20-8-9-24-17-25(32-2)11-10-23(24)16-20)26(30)19-29-14-12-22(13-15-29)27(31)21-6-4-3-5-7-21/h3-11,16-17,22,27,31H,12-15,18-19H2,1-2H3/t27-/m1/s1. The molecule has 0 aliphatic carbocycles. The fourth-order valence-electron chi connectivity index (χ4n) is 4.52. The number of fused-ring (bicyclic) bond motifs is 1. The SMILES string of the molecule is COc1ccc2cc(CN(C)C(=O)CN3CCC([C@H](O)c4ccccc4)CC3)ccc2c1. The number of nitrogens with zero attached hydrogens (tertiary/aromatic N) is 2. The summed E-state index contributed by atoms with van der Waals surface area (Å²) in [5.41, 5.74) is 2.10. The number of rotatable bonds is 7. The van der Waals surface area contributed by atoms with Crippen molar-refractivity contribution >= 4 is 16.7 Å². The maximum Gasteiger partial charge on any atom is 0.236 e. The second-order valence-electron chi connectivity index (χ2n) is 8.77. The van der Waals surface area contributed by atoms with Gasteiger partial charge >= 0.3 is 0 Å². The van der Waals surface area contributed by atoms with Gasteiger partial charge in [0.25, 0.3) is 0 Å². The van der Waals surface area contributed by atoms with Crippen molar-refractivity contribution in [2.75, 3.05) is 33.8 Å². The zero-order chi connectivity index (χ0) is 22.5. The second kappa shape index (κ2) is 10.2. The highest BCUT2D eigenvalue weighted by atomic mass is 16.5. The first-order chi connectivity index (χ1) is 15.5. The molecule has 1 atom stereocenters. The highest BCUT2D eigenvalue weighted by Crippen LogP contribution is 2.30. The summed E-state index contributed by atoms with van der Waals surface area (Å²) in [5.74, 6) is 1.22. The van der Waals surface area contributed by atoms with Gasteiger partial charge in [-0.15, -0.1) is 0 Å². The monoisotopic (exact) mass is 432 g/mol. The van der Waals surface area contributed by atoms with E-state index in [4.69, 9.17) is 4.74 Å². The van der Waals surface area contributed by atoms with Gasteiger partial charge in [0.1, 0.15) is 5.75 Å². The number of carbonyl (C=O) groups is 1.